The molecule has 0 aromatic heterocycles. The van der Waals surface area contributed by atoms with Crippen molar-refractivity contribution in [1.29, 1.82) is 0 Å². The molecule has 8 heteroatoms. The molecule has 1 aliphatic carbocycles. The quantitative estimate of drug-likeness (QED) is 0.761. The van der Waals surface area contributed by atoms with Gasteiger partial charge < -0.3 is 15.0 Å². The molecule has 3 rings (SSSR count). The van der Waals surface area contributed by atoms with Gasteiger partial charge in [-0.05, 0) is 37.1 Å². The summed E-state index contributed by atoms with van der Waals surface area (Å²) in [4.78, 5) is 14.5. The number of carbonyl (C=O) groups is 1. The molecule has 25 heavy (non-hydrogen) atoms. The van der Waals surface area contributed by atoms with Gasteiger partial charge in [0.15, 0.2) is 0 Å². The minimum absolute atomic E-state index is 0.0224. The molecular weight excluding hydrogens is 342 g/mol. The van der Waals surface area contributed by atoms with Gasteiger partial charge in [-0.3, -0.25) is 4.79 Å². The molecule has 1 aromatic rings. The van der Waals surface area contributed by atoms with Crippen LogP contribution in [-0.2, 0) is 10.0 Å². The van der Waals surface area contributed by atoms with E-state index in [-0.39, 0.29) is 24.2 Å². The first-order valence-electron chi connectivity index (χ1n) is 8.65. The lowest BCUT2D eigenvalue weighted by atomic mass is 10.2. The number of benzene rings is 1. The zero-order chi connectivity index (χ0) is 17.9. The fourth-order valence-corrected chi connectivity index (χ4v) is 4.43. The molecule has 138 valence electrons. The van der Waals surface area contributed by atoms with E-state index in [1.807, 2.05) is 0 Å². The minimum Gasteiger partial charge on any atom is -0.497 e. The predicted molar refractivity (Wildman–Crippen MR) is 95.3 cm³/mol. The number of hydrogen-bond donors (Lipinski definition) is 1. The number of ether oxygens (including phenoxy) is 1. The number of methoxy groups -OCH3 is 1. The number of nitrogens with zero attached hydrogens (tertiary/aromatic N) is 2. The van der Waals surface area contributed by atoms with Crippen molar-refractivity contribution >= 4 is 15.9 Å². The fourth-order valence-electron chi connectivity index (χ4n) is 3.00. The lowest BCUT2D eigenvalue weighted by molar-refractivity contribution is 0.0753. The van der Waals surface area contributed by atoms with E-state index in [0.717, 1.165) is 12.8 Å². The highest BCUT2D eigenvalue weighted by Crippen LogP contribution is 2.28. The van der Waals surface area contributed by atoms with Crippen molar-refractivity contribution in [1.82, 2.24) is 14.5 Å². The maximum atomic E-state index is 12.8. The van der Waals surface area contributed by atoms with Gasteiger partial charge in [-0.2, -0.15) is 4.31 Å². The van der Waals surface area contributed by atoms with Crippen molar-refractivity contribution in [3.05, 3.63) is 29.8 Å². The summed E-state index contributed by atoms with van der Waals surface area (Å²) in [5, 5.41) is 3.15. The summed E-state index contributed by atoms with van der Waals surface area (Å²) in [6, 6.07) is 7.10. The van der Waals surface area contributed by atoms with E-state index in [0.29, 0.717) is 37.5 Å². The number of piperazine rings is 1. The molecule has 0 unspecified atom stereocenters. The smallest absolute Gasteiger partial charge is 0.254 e. The lowest BCUT2D eigenvalue weighted by Crippen LogP contribution is -2.48. The van der Waals surface area contributed by atoms with Crippen LogP contribution >= 0.6 is 0 Å². The highest BCUT2D eigenvalue weighted by atomic mass is 32.2. The number of nitrogens with one attached hydrogen (secondary N) is 1. The highest BCUT2D eigenvalue weighted by Gasteiger charge is 2.34. The summed E-state index contributed by atoms with van der Waals surface area (Å²) in [7, 11) is -1.75. The second-order valence-electron chi connectivity index (χ2n) is 6.42. The molecule has 2 fully saturated rings. The van der Waals surface area contributed by atoms with Crippen molar-refractivity contribution in [2.45, 2.75) is 18.9 Å². The third-order valence-electron chi connectivity index (χ3n) is 4.64. The van der Waals surface area contributed by atoms with E-state index in [2.05, 4.69) is 5.32 Å². The molecule has 2 aliphatic rings. The highest BCUT2D eigenvalue weighted by molar-refractivity contribution is 7.89. The Bertz CT molecular complexity index is 695. The first-order valence-corrected chi connectivity index (χ1v) is 10.3. The lowest BCUT2D eigenvalue weighted by Gasteiger charge is -2.28. The Labute approximate surface area is 149 Å². The standard InChI is InChI=1S/C17H25N3O4S/c1-24-16-6-2-14(3-7-16)17(21)20(15-4-5-15)12-13-25(22,23)19-10-8-18-9-11-19/h2-3,6-7,15,18H,4-5,8-13H2,1H3. The van der Waals surface area contributed by atoms with E-state index in [1.165, 1.54) is 4.31 Å². The minimum atomic E-state index is -3.33. The predicted octanol–water partition coefficient (Wildman–Crippen LogP) is 0.535. The number of amides is 1. The first-order chi connectivity index (χ1) is 12.0. The molecule has 0 bridgehead atoms. The van der Waals surface area contributed by atoms with E-state index >= 15 is 0 Å². The number of sulfonamides is 1. The second-order valence-corrected chi connectivity index (χ2v) is 8.51. The molecule has 1 aliphatic heterocycles. The molecule has 1 N–H and O–H groups in total. The Morgan fingerprint density at radius 1 is 1.24 bits per heavy atom. The van der Waals surface area contributed by atoms with E-state index in [1.54, 1.807) is 36.3 Å². The van der Waals surface area contributed by atoms with Crippen LogP contribution in [0.3, 0.4) is 0 Å². The summed E-state index contributed by atoms with van der Waals surface area (Å²) >= 11 is 0. The van der Waals surface area contributed by atoms with Crippen LogP contribution in [0.2, 0.25) is 0 Å². The zero-order valence-electron chi connectivity index (χ0n) is 14.5. The Kier molecular flexibility index (Phi) is 5.61. The molecule has 0 spiro atoms. The normalized spacial score (nSPS) is 18.8. The van der Waals surface area contributed by atoms with Crippen molar-refractivity contribution in [2.75, 3.05) is 45.6 Å². The monoisotopic (exact) mass is 367 g/mol. The maximum absolute atomic E-state index is 12.8. The van der Waals surface area contributed by atoms with Gasteiger partial charge in [-0.15, -0.1) is 0 Å². The van der Waals surface area contributed by atoms with Crippen LogP contribution in [0.4, 0.5) is 0 Å². The summed E-state index contributed by atoms with van der Waals surface area (Å²) in [6.07, 6.45) is 1.88. The summed E-state index contributed by atoms with van der Waals surface area (Å²) in [6.45, 7) is 2.59. The number of rotatable bonds is 7. The van der Waals surface area contributed by atoms with Crippen molar-refractivity contribution in [3.63, 3.8) is 0 Å². The number of carbonyl (C=O) groups excluding carboxylic acids is 1. The Morgan fingerprint density at radius 2 is 1.88 bits per heavy atom. The Morgan fingerprint density at radius 3 is 2.44 bits per heavy atom. The van der Waals surface area contributed by atoms with Crippen LogP contribution < -0.4 is 10.1 Å². The van der Waals surface area contributed by atoms with Crippen LogP contribution in [-0.4, -0.2) is 75.2 Å². The molecule has 0 atom stereocenters. The fraction of sp³-hybridized carbons (Fsp3) is 0.588. The van der Waals surface area contributed by atoms with Crippen molar-refractivity contribution in [3.8, 4) is 5.75 Å². The zero-order valence-corrected chi connectivity index (χ0v) is 15.3. The van der Waals surface area contributed by atoms with Gasteiger partial charge in [0.1, 0.15) is 5.75 Å². The van der Waals surface area contributed by atoms with Crippen LogP contribution in [0.1, 0.15) is 23.2 Å². The van der Waals surface area contributed by atoms with E-state index < -0.39 is 10.0 Å². The third kappa shape index (κ3) is 4.50. The van der Waals surface area contributed by atoms with Gasteiger partial charge in [-0.25, -0.2) is 8.42 Å². The Hall–Kier alpha value is -1.64. The molecule has 1 saturated carbocycles. The molecule has 7 nitrogen and oxygen atoms in total. The molecule has 0 radical (unpaired) electrons. The second kappa shape index (κ2) is 7.72. The average molecular weight is 367 g/mol. The SMILES string of the molecule is COc1ccc(C(=O)N(CCS(=O)(=O)N2CCNCC2)C2CC2)cc1. The van der Waals surface area contributed by atoms with Gasteiger partial charge in [-0.1, -0.05) is 0 Å². The largest absolute Gasteiger partial charge is 0.497 e. The topological polar surface area (TPSA) is 79.0 Å². The van der Waals surface area contributed by atoms with Gasteiger partial charge in [0.05, 0.1) is 12.9 Å². The molecule has 1 amide bonds. The molecular formula is C17H25N3O4S. The van der Waals surface area contributed by atoms with Gasteiger partial charge >= 0.3 is 0 Å². The summed E-state index contributed by atoms with van der Waals surface area (Å²) < 4.78 is 31.7. The van der Waals surface area contributed by atoms with Crippen LogP contribution in [0.5, 0.6) is 5.75 Å². The van der Waals surface area contributed by atoms with Gasteiger partial charge in [0.25, 0.3) is 5.91 Å². The summed E-state index contributed by atoms with van der Waals surface area (Å²) in [5.74, 6) is 0.558. The van der Waals surface area contributed by atoms with Crippen molar-refractivity contribution < 1.29 is 17.9 Å². The maximum Gasteiger partial charge on any atom is 0.254 e. The van der Waals surface area contributed by atoms with Gasteiger partial charge in [0.2, 0.25) is 10.0 Å². The van der Waals surface area contributed by atoms with E-state index in [4.69, 9.17) is 4.74 Å². The molecule has 1 heterocycles. The average Bonchev–Trinajstić information content (AvgIpc) is 3.47. The van der Waals surface area contributed by atoms with Gasteiger partial charge in [0, 0.05) is 44.3 Å². The van der Waals surface area contributed by atoms with Crippen molar-refractivity contribution in [2.24, 2.45) is 0 Å². The number of hydrogen-bond acceptors (Lipinski definition) is 5. The molecule has 1 aromatic carbocycles. The Balaban J connectivity index is 1.65. The third-order valence-corrected chi connectivity index (χ3v) is 6.50. The summed E-state index contributed by atoms with van der Waals surface area (Å²) in [5.41, 5.74) is 0.562. The van der Waals surface area contributed by atoms with Crippen LogP contribution in [0.15, 0.2) is 24.3 Å². The first kappa shape index (κ1) is 18.2. The van der Waals surface area contributed by atoms with Crippen LogP contribution in [0.25, 0.3) is 0 Å². The van der Waals surface area contributed by atoms with Crippen LogP contribution in [0, 0.1) is 0 Å². The van der Waals surface area contributed by atoms with E-state index in [9.17, 15) is 13.2 Å². The molecule has 1 saturated heterocycles.